The molecule has 134 valence electrons. The lowest BCUT2D eigenvalue weighted by Gasteiger charge is -2.27. The van der Waals surface area contributed by atoms with Gasteiger partial charge in [0.05, 0.1) is 5.56 Å². The van der Waals surface area contributed by atoms with E-state index in [0.29, 0.717) is 18.2 Å². The highest BCUT2D eigenvalue weighted by Crippen LogP contribution is 2.27. The van der Waals surface area contributed by atoms with Gasteiger partial charge in [-0.25, -0.2) is 0 Å². The minimum Gasteiger partial charge on any atom is -0.352 e. The molecule has 4 rings (SSSR count). The fourth-order valence-electron chi connectivity index (χ4n) is 4.13. The number of aromatic nitrogens is 1. The summed E-state index contributed by atoms with van der Waals surface area (Å²) in [5.74, 6) is -0.116. The van der Waals surface area contributed by atoms with E-state index in [9.17, 15) is 14.4 Å². The Bertz CT molecular complexity index is 779. The van der Waals surface area contributed by atoms with E-state index in [2.05, 4.69) is 5.32 Å². The van der Waals surface area contributed by atoms with Crippen LogP contribution in [0.1, 0.15) is 60.0 Å². The second kappa shape index (κ2) is 6.32. The van der Waals surface area contributed by atoms with Gasteiger partial charge in [-0.3, -0.25) is 14.4 Å². The maximum Gasteiger partial charge on any atom is 0.256 e. The first-order valence-corrected chi connectivity index (χ1v) is 9.39. The Kier molecular flexibility index (Phi) is 4.13. The lowest BCUT2D eigenvalue weighted by atomic mass is 9.89. The molecule has 0 spiro atoms. The van der Waals surface area contributed by atoms with Crippen molar-refractivity contribution in [3.8, 4) is 0 Å². The molecule has 1 saturated carbocycles. The molecule has 3 aliphatic rings. The molecule has 1 saturated heterocycles. The topological polar surface area (TPSA) is 71.4 Å². The molecule has 6 nitrogen and oxygen atoms in total. The monoisotopic (exact) mass is 343 g/mol. The Morgan fingerprint density at radius 3 is 2.52 bits per heavy atom. The second-order valence-electron chi connectivity index (χ2n) is 7.56. The third-order valence-electron chi connectivity index (χ3n) is 5.66. The fourth-order valence-corrected chi connectivity index (χ4v) is 4.13. The van der Waals surface area contributed by atoms with Crippen LogP contribution in [-0.2, 0) is 24.7 Å². The van der Waals surface area contributed by atoms with Gasteiger partial charge in [0.15, 0.2) is 0 Å². The minimum absolute atomic E-state index is 0.00991. The zero-order valence-electron chi connectivity index (χ0n) is 14.7. The van der Waals surface area contributed by atoms with Crippen LogP contribution in [-0.4, -0.2) is 39.9 Å². The van der Waals surface area contributed by atoms with Crippen LogP contribution in [0, 0.1) is 0 Å². The zero-order valence-corrected chi connectivity index (χ0v) is 14.7. The van der Waals surface area contributed by atoms with Gasteiger partial charge < -0.3 is 14.8 Å². The van der Waals surface area contributed by atoms with Crippen molar-refractivity contribution in [2.24, 2.45) is 7.05 Å². The summed E-state index contributed by atoms with van der Waals surface area (Å²) in [4.78, 5) is 39.8. The number of hydrogen-bond acceptors (Lipinski definition) is 3. The maximum atomic E-state index is 13.2. The predicted molar refractivity (Wildman–Crippen MR) is 93.5 cm³/mol. The first kappa shape index (κ1) is 16.4. The molecular weight excluding hydrogens is 318 g/mol. The molecule has 2 aliphatic carbocycles. The van der Waals surface area contributed by atoms with E-state index >= 15 is 0 Å². The van der Waals surface area contributed by atoms with Crippen molar-refractivity contribution in [2.45, 2.75) is 63.5 Å². The lowest BCUT2D eigenvalue weighted by Crippen LogP contribution is -2.47. The fraction of sp³-hybridized carbons (Fsp3) is 0.632. The van der Waals surface area contributed by atoms with Crippen LogP contribution < -0.4 is 10.9 Å². The minimum atomic E-state index is -0.371. The van der Waals surface area contributed by atoms with Crippen molar-refractivity contribution in [1.82, 2.24) is 14.8 Å². The normalized spacial score (nSPS) is 22.6. The first-order valence-electron chi connectivity index (χ1n) is 9.39. The van der Waals surface area contributed by atoms with Gasteiger partial charge in [0.2, 0.25) is 5.91 Å². The molecule has 1 atom stereocenters. The van der Waals surface area contributed by atoms with Gasteiger partial charge in [0.25, 0.3) is 11.5 Å². The molecule has 25 heavy (non-hydrogen) atoms. The average molecular weight is 343 g/mol. The average Bonchev–Trinajstić information content (AvgIpc) is 3.29. The third kappa shape index (κ3) is 2.98. The summed E-state index contributed by atoms with van der Waals surface area (Å²) >= 11 is 0. The molecular formula is C19H25N3O3. The molecule has 2 heterocycles. The summed E-state index contributed by atoms with van der Waals surface area (Å²) in [5.41, 5.74) is 2.32. The Hall–Kier alpha value is -2.11. The summed E-state index contributed by atoms with van der Waals surface area (Å²) in [5, 5.41) is 3.03. The van der Waals surface area contributed by atoms with Gasteiger partial charge in [0, 0.05) is 31.4 Å². The number of carbonyl (C=O) groups excluding carboxylic acids is 2. The molecule has 1 N–H and O–H groups in total. The standard InChI is InChI=1S/C19H25N3O3/c1-21-11-15(13-5-2-3-6-14(13)18(21)24)19(25)22-10-4-7-16(22)17(23)20-12-8-9-12/h11-12,16H,2-10H2,1H3,(H,20,23). The molecule has 2 amide bonds. The zero-order chi connectivity index (χ0) is 17.6. The molecule has 1 aromatic rings. The van der Waals surface area contributed by atoms with Crippen LogP contribution in [0.15, 0.2) is 11.0 Å². The Labute approximate surface area is 147 Å². The SMILES string of the molecule is Cn1cc(C(=O)N2CCCC2C(=O)NC2CC2)c2c(c1=O)CCCC2. The van der Waals surface area contributed by atoms with Crippen molar-refractivity contribution in [3.63, 3.8) is 0 Å². The maximum absolute atomic E-state index is 13.2. The summed E-state index contributed by atoms with van der Waals surface area (Å²) in [7, 11) is 1.70. The van der Waals surface area contributed by atoms with Crippen LogP contribution >= 0.6 is 0 Å². The summed E-state index contributed by atoms with van der Waals surface area (Å²) in [6, 6.07) is -0.0695. The van der Waals surface area contributed by atoms with E-state index in [1.54, 1.807) is 18.1 Å². The van der Waals surface area contributed by atoms with E-state index in [4.69, 9.17) is 0 Å². The van der Waals surface area contributed by atoms with Crippen molar-refractivity contribution < 1.29 is 9.59 Å². The Morgan fingerprint density at radius 1 is 1.08 bits per heavy atom. The smallest absolute Gasteiger partial charge is 0.256 e. The highest BCUT2D eigenvalue weighted by atomic mass is 16.2. The number of nitrogens with zero attached hydrogens (tertiary/aromatic N) is 2. The molecule has 1 unspecified atom stereocenters. The van der Waals surface area contributed by atoms with Crippen molar-refractivity contribution in [2.75, 3.05) is 6.54 Å². The summed E-state index contributed by atoms with van der Waals surface area (Å²) < 4.78 is 1.52. The number of carbonyl (C=O) groups is 2. The van der Waals surface area contributed by atoms with Crippen LogP contribution in [0.25, 0.3) is 0 Å². The highest BCUT2D eigenvalue weighted by Gasteiger charge is 2.38. The van der Waals surface area contributed by atoms with Crippen molar-refractivity contribution in [3.05, 3.63) is 33.2 Å². The summed E-state index contributed by atoms with van der Waals surface area (Å²) in [6.07, 6.45) is 8.85. The number of rotatable bonds is 3. The van der Waals surface area contributed by atoms with E-state index in [1.807, 2.05) is 0 Å². The van der Waals surface area contributed by atoms with Crippen molar-refractivity contribution in [1.29, 1.82) is 0 Å². The largest absolute Gasteiger partial charge is 0.352 e. The molecule has 0 aromatic carbocycles. The lowest BCUT2D eigenvalue weighted by molar-refractivity contribution is -0.125. The number of aryl methyl sites for hydroxylation is 1. The molecule has 1 aliphatic heterocycles. The molecule has 0 bridgehead atoms. The van der Waals surface area contributed by atoms with Gasteiger partial charge in [-0.1, -0.05) is 0 Å². The van der Waals surface area contributed by atoms with Crippen LogP contribution in [0.3, 0.4) is 0 Å². The Balaban J connectivity index is 1.65. The molecule has 0 radical (unpaired) electrons. The predicted octanol–water partition coefficient (Wildman–Crippen LogP) is 1.15. The number of amides is 2. The van der Waals surface area contributed by atoms with Gasteiger partial charge >= 0.3 is 0 Å². The molecule has 6 heteroatoms. The van der Waals surface area contributed by atoms with Crippen LogP contribution in [0.5, 0.6) is 0 Å². The number of hydrogen-bond donors (Lipinski definition) is 1. The number of fused-ring (bicyclic) bond motifs is 1. The Morgan fingerprint density at radius 2 is 1.80 bits per heavy atom. The summed E-state index contributed by atoms with van der Waals surface area (Å²) in [6.45, 7) is 0.610. The number of likely N-dealkylation sites (tertiary alicyclic amines) is 1. The van der Waals surface area contributed by atoms with Crippen LogP contribution in [0.4, 0.5) is 0 Å². The molecule has 1 aromatic heterocycles. The quantitative estimate of drug-likeness (QED) is 0.895. The van der Waals surface area contributed by atoms with Gasteiger partial charge in [-0.15, -0.1) is 0 Å². The van der Waals surface area contributed by atoms with Gasteiger partial charge in [0.1, 0.15) is 6.04 Å². The van der Waals surface area contributed by atoms with Crippen molar-refractivity contribution >= 4 is 11.8 Å². The highest BCUT2D eigenvalue weighted by molar-refractivity contribution is 5.99. The van der Waals surface area contributed by atoms with Gasteiger partial charge in [-0.05, 0) is 56.9 Å². The van der Waals surface area contributed by atoms with Gasteiger partial charge in [-0.2, -0.15) is 0 Å². The van der Waals surface area contributed by atoms with E-state index in [-0.39, 0.29) is 23.4 Å². The van der Waals surface area contributed by atoms with E-state index in [0.717, 1.165) is 62.5 Å². The molecule has 2 fully saturated rings. The number of nitrogens with one attached hydrogen (secondary N) is 1. The second-order valence-corrected chi connectivity index (χ2v) is 7.56. The van der Waals surface area contributed by atoms with Crippen LogP contribution in [0.2, 0.25) is 0 Å². The third-order valence-corrected chi connectivity index (χ3v) is 5.66. The first-order chi connectivity index (χ1) is 12.1. The van der Waals surface area contributed by atoms with E-state index in [1.165, 1.54) is 4.57 Å². The number of pyridine rings is 1. The van der Waals surface area contributed by atoms with E-state index < -0.39 is 0 Å².